The molecule has 152 valence electrons. The number of aliphatic imine (C=N–C) groups is 3. The number of hydrogen-bond acceptors (Lipinski definition) is 11. The van der Waals surface area contributed by atoms with E-state index in [-0.39, 0.29) is 27.8 Å². The molecule has 2 aromatic rings. The monoisotopic (exact) mass is 442 g/mol. The van der Waals surface area contributed by atoms with E-state index in [1.54, 1.807) is 13.0 Å². The summed E-state index contributed by atoms with van der Waals surface area (Å²) in [5, 5.41) is 10.7. The fraction of sp³-hybridized carbons (Fsp3) is 0.125. The molecule has 0 amide bonds. The van der Waals surface area contributed by atoms with Crippen molar-refractivity contribution in [1.29, 1.82) is 0 Å². The van der Waals surface area contributed by atoms with E-state index in [1.807, 2.05) is 0 Å². The summed E-state index contributed by atoms with van der Waals surface area (Å²) in [6.07, 6.45) is 1.47. The Morgan fingerprint density at radius 1 is 1.17 bits per heavy atom. The van der Waals surface area contributed by atoms with Gasteiger partial charge in [0.25, 0.3) is 16.0 Å². The van der Waals surface area contributed by atoms with E-state index in [0.717, 1.165) is 0 Å². The standard InChI is InChI=1S/C16H14N10O2S2/c1-8-6-7-18-15(19-8)26-30(27,28)10-4-2-9(3-5-10)24-25-16-20-11-12(22-16)21-14(17)23-13(11)29/h2-7,11H,1H3,(H,18,19,26)(H3,17,20,21,22,23,29). The van der Waals surface area contributed by atoms with E-state index in [2.05, 4.69) is 45.2 Å². The first kappa shape index (κ1) is 19.7. The molecule has 0 spiro atoms. The molecular weight excluding hydrogens is 428 g/mol. The number of nitrogens with zero attached hydrogens (tertiary/aromatic N) is 7. The third-order valence-corrected chi connectivity index (χ3v) is 5.53. The number of guanidine groups is 2. The summed E-state index contributed by atoms with van der Waals surface area (Å²) in [6, 6.07) is 6.89. The van der Waals surface area contributed by atoms with Crippen molar-refractivity contribution >= 4 is 56.6 Å². The van der Waals surface area contributed by atoms with E-state index >= 15 is 0 Å². The van der Waals surface area contributed by atoms with Crippen LogP contribution < -0.4 is 15.8 Å². The minimum absolute atomic E-state index is 0.00488. The molecule has 1 unspecified atom stereocenters. The summed E-state index contributed by atoms with van der Waals surface area (Å²) >= 11 is 5.11. The Morgan fingerprint density at radius 2 is 1.93 bits per heavy atom. The van der Waals surface area contributed by atoms with Crippen LogP contribution in [0.1, 0.15) is 5.69 Å². The first-order valence-corrected chi connectivity index (χ1v) is 10.3. The Kier molecular flexibility index (Phi) is 5.01. The van der Waals surface area contributed by atoms with Gasteiger partial charge in [0.05, 0.1) is 10.6 Å². The van der Waals surface area contributed by atoms with E-state index in [4.69, 9.17) is 18.0 Å². The molecule has 0 aliphatic carbocycles. The highest BCUT2D eigenvalue weighted by Crippen LogP contribution is 2.20. The third kappa shape index (κ3) is 4.18. The molecule has 0 bridgehead atoms. The first-order chi connectivity index (χ1) is 14.3. The van der Waals surface area contributed by atoms with Crippen LogP contribution in [0.15, 0.2) is 66.6 Å². The number of benzene rings is 1. The molecule has 14 heteroatoms. The van der Waals surface area contributed by atoms with E-state index in [9.17, 15) is 8.42 Å². The third-order valence-electron chi connectivity index (χ3n) is 3.87. The van der Waals surface area contributed by atoms with Crippen LogP contribution in [0.3, 0.4) is 0 Å². The van der Waals surface area contributed by atoms with Gasteiger partial charge in [0.1, 0.15) is 10.8 Å². The molecule has 4 N–H and O–H groups in total. The number of nitrogens with two attached hydrogens (primary N) is 1. The fourth-order valence-electron chi connectivity index (χ4n) is 2.50. The molecular formula is C16H14N10O2S2. The molecule has 1 aromatic heterocycles. The van der Waals surface area contributed by atoms with Crippen molar-refractivity contribution in [2.75, 3.05) is 4.72 Å². The second kappa shape index (κ2) is 7.64. The number of azo groups is 1. The normalized spacial score (nSPS) is 18.4. The number of aryl methyl sites for hydroxylation is 1. The fourth-order valence-corrected chi connectivity index (χ4v) is 3.72. The second-order valence-corrected chi connectivity index (χ2v) is 8.21. The largest absolute Gasteiger partial charge is 0.369 e. The van der Waals surface area contributed by atoms with Gasteiger partial charge in [0, 0.05) is 11.9 Å². The molecule has 1 atom stereocenters. The summed E-state index contributed by atoms with van der Waals surface area (Å²) in [5.74, 6) is 0.677. The van der Waals surface area contributed by atoms with Gasteiger partial charge in [-0.15, -0.1) is 10.2 Å². The Bertz CT molecular complexity index is 1250. The zero-order valence-electron chi connectivity index (χ0n) is 15.4. The van der Waals surface area contributed by atoms with E-state index in [1.165, 1.54) is 30.5 Å². The maximum absolute atomic E-state index is 12.5. The number of sulfonamides is 1. The number of rotatable bonds is 4. The van der Waals surface area contributed by atoms with Crippen LogP contribution in [-0.2, 0) is 10.0 Å². The lowest BCUT2D eigenvalue weighted by Crippen LogP contribution is -2.48. The summed E-state index contributed by atoms with van der Waals surface area (Å²) in [6.45, 7) is 1.74. The highest BCUT2D eigenvalue weighted by molar-refractivity contribution is 7.92. The molecule has 2 aliphatic rings. The van der Waals surface area contributed by atoms with Crippen molar-refractivity contribution in [2.45, 2.75) is 17.9 Å². The molecule has 3 heterocycles. The van der Waals surface area contributed by atoms with Gasteiger partial charge in [0.15, 0.2) is 12.0 Å². The first-order valence-electron chi connectivity index (χ1n) is 8.46. The minimum atomic E-state index is -3.84. The van der Waals surface area contributed by atoms with Gasteiger partial charge in [-0.05, 0) is 37.3 Å². The van der Waals surface area contributed by atoms with Crippen LogP contribution in [0.2, 0.25) is 0 Å². The summed E-state index contributed by atoms with van der Waals surface area (Å²) in [5.41, 5.74) is 6.65. The number of thiocarbonyl (C=S) groups is 1. The number of nitrogens with one attached hydrogen (secondary N) is 2. The maximum Gasteiger partial charge on any atom is 0.267 e. The molecule has 0 radical (unpaired) electrons. The minimum Gasteiger partial charge on any atom is -0.369 e. The summed E-state index contributed by atoms with van der Waals surface area (Å²) < 4.78 is 27.3. The van der Waals surface area contributed by atoms with Crippen molar-refractivity contribution in [3.05, 3.63) is 42.2 Å². The quantitative estimate of drug-likeness (QED) is 0.469. The smallest absolute Gasteiger partial charge is 0.267 e. The number of anilines is 1. The molecule has 1 aromatic carbocycles. The average Bonchev–Trinajstić information content (AvgIpc) is 3.10. The number of aromatic nitrogens is 2. The Morgan fingerprint density at radius 3 is 2.67 bits per heavy atom. The van der Waals surface area contributed by atoms with Crippen molar-refractivity contribution in [2.24, 2.45) is 30.9 Å². The van der Waals surface area contributed by atoms with Gasteiger partial charge in [-0.25, -0.2) is 33.1 Å². The van der Waals surface area contributed by atoms with Crippen LogP contribution >= 0.6 is 12.2 Å². The highest BCUT2D eigenvalue weighted by atomic mass is 32.2. The second-order valence-electron chi connectivity index (χ2n) is 6.11. The van der Waals surface area contributed by atoms with E-state index < -0.39 is 16.1 Å². The predicted octanol–water partition coefficient (Wildman–Crippen LogP) is 1.05. The number of amidine groups is 1. The molecule has 0 fully saturated rings. The van der Waals surface area contributed by atoms with Gasteiger partial charge in [-0.2, -0.15) is 4.99 Å². The van der Waals surface area contributed by atoms with Gasteiger partial charge < -0.3 is 11.1 Å². The zero-order chi connectivity index (χ0) is 21.3. The Hall–Kier alpha value is -3.65. The maximum atomic E-state index is 12.5. The van der Waals surface area contributed by atoms with Gasteiger partial charge in [-0.1, -0.05) is 12.2 Å². The molecule has 4 rings (SSSR count). The van der Waals surface area contributed by atoms with Crippen molar-refractivity contribution in [3.8, 4) is 0 Å². The van der Waals surface area contributed by atoms with Gasteiger partial charge in [0.2, 0.25) is 5.95 Å². The van der Waals surface area contributed by atoms with Crippen molar-refractivity contribution in [3.63, 3.8) is 0 Å². The Labute approximate surface area is 176 Å². The lowest BCUT2D eigenvalue weighted by molar-refractivity contribution is 0.601. The molecule has 0 saturated carbocycles. The lowest BCUT2D eigenvalue weighted by Gasteiger charge is -2.16. The number of hydrogen-bond donors (Lipinski definition) is 3. The van der Waals surface area contributed by atoms with Crippen LogP contribution in [0.4, 0.5) is 11.6 Å². The lowest BCUT2D eigenvalue weighted by atomic mass is 10.2. The van der Waals surface area contributed by atoms with Crippen molar-refractivity contribution in [1.82, 2.24) is 15.3 Å². The molecule has 2 aliphatic heterocycles. The van der Waals surface area contributed by atoms with Crippen LogP contribution in [0, 0.1) is 6.92 Å². The molecule has 0 saturated heterocycles. The van der Waals surface area contributed by atoms with Gasteiger partial charge >= 0.3 is 0 Å². The summed E-state index contributed by atoms with van der Waals surface area (Å²) in [7, 11) is -3.84. The molecule has 12 nitrogen and oxygen atoms in total. The van der Waals surface area contributed by atoms with Crippen LogP contribution in [0.5, 0.6) is 0 Å². The average molecular weight is 442 g/mol. The van der Waals surface area contributed by atoms with Crippen LogP contribution in [0.25, 0.3) is 0 Å². The SMILES string of the molecule is Cc1ccnc(NS(=O)(=O)c2ccc(N=NC3=NC4C(=S)N=C(N)NC4=N3)cc2)n1. The summed E-state index contributed by atoms with van der Waals surface area (Å²) in [4.78, 5) is 20.5. The molecule has 30 heavy (non-hydrogen) atoms. The number of fused-ring (bicyclic) bond motifs is 1. The zero-order valence-corrected chi connectivity index (χ0v) is 17.0. The predicted molar refractivity (Wildman–Crippen MR) is 115 cm³/mol. The van der Waals surface area contributed by atoms with Crippen molar-refractivity contribution < 1.29 is 8.42 Å². The topological polar surface area (TPSA) is 172 Å². The van der Waals surface area contributed by atoms with Gasteiger partial charge in [-0.3, -0.25) is 0 Å². The Balaban J connectivity index is 1.47. The van der Waals surface area contributed by atoms with Crippen LogP contribution in [-0.4, -0.2) is 47.2 Å². The van der Waals surface area contributed by atoms with E-state index in [0.29, 0.717) is 17.2 Å². The highest BCUT2D eigenvalue weighted by Gasteiger charge is 2.30.